The zero-order valence-electron chi connectivity index (χ0n) is 13.9. The van der Waals surface area contributed by atoms with E-state index in [0.717, 1.165) is 25.7 Å². The molecule has 3 rings (SSSR count). The second-order valence-corrected chi connectivity index (χ2v) is 5.92. The van der Waals surface area contributed by atoms with Crippen molar-refractivity contribution in [1.29, 1.82) is 0 Å². The molecular formula is C17H21N3O4. The molecule has 1 amide bonds. The van der Waals surface area contributed by atoms with Gasteiger partial charge in [-0.15, -0.1) is 0 Å². The minimum Gasteiger partial charge on any atom is -0.507 e. The zero-order chi connectivity index (χ0) is 17.1. The number of likely N-dealkylation sites (tertiary alicyclic amines) is 1. The third-order valence-corrected chi connectivity index (χ3v) is 4.29. The average molecular weight is 331 g/mol. The number of carbonyl (C=O) groups is 1. The van der Waals surface area contributed by atoms with E-state index in [0.29, 0.717) is 24.0 Å². The first kappa shape index (κ1) is 16.3. The summed E-state index contributed by atoms with van der Waals surface area (Å²) < 4.78 is 10.2. The Balaban J connectivity index is 1.95. The standard InChI is InChI=1S/C17H21N3O4/c1-11-18-16(19-24-11)14-6-4-3-5-9-20(14)17(22)13-10-12(23-2)7-8-15(13)21/h7-8,10,14,21H,3-6,9H2,1-2H3/t14-/m1/s1. The first-order chi connectivity index (χ1) is 11.6. The van der Waals surface area contributed by atoms with Gasteiger partial charge in [-0.2, -0.15) is 4.98 Å². The molecule has 24 heavy (non-hydrogen) atoms. The first-order valence-corrected chi connectivity index (χ1v) is 8.08. The van der Waals surface area contributed by atoms with Crippen LogP contribution in [0.15, 0.2) is 22.7 Å². The minimum atomic E-state index is -0.249. The van der Waals surface area contributed by atoms with Gasteiger partial charge in [0.1, 0.15) is 11.5 Å². The van der Waals surface area contributed by atoms with Crippen LogP contribution in [0.4, 0.5) is 0 Å². The van der Waals surface area contributed by atoms with Crippen molar-refractivity contribution in [3.05, 3.63) is 35.5 Å². The van der Waals surface area contributed by atoms with Crippen molar-refractivity contribution >= 4 is 5.91 Å². The van der Waals surface area contributed by atoms with Gasteiger partial charge in [0.15, 0.2) is 5.82 Å². The molecule has 128 valence electrons. The van der Waals surface area contributed by atoms with Gasteiger partial charge in [-0.05, 0) is 31.0 Å². The van der Waals surface area contributed by atoms with Crippen LogP contribution >= 0.6 is 0 Å². The molecule has 7 nitrogen and oxygen atoms in total. The second-order valence-electron chi connectivity index (χ2n) is 5.92. The lowest BCUT2D eigenvalue weighted by Crippen LogP contribution is -2.35. The number of hydrogen-bond donors (Lipinski definition) is 1. The number of nitrogens with zero attached hydrogens (tertiary/aromatic N) is 3. The molecule has 2 heterocycles. The third-order valence-electron chi connectivity index (χ3n) is 4.29. The van der Waals surface area contributed by atoms with Crippen LogP contribution in [0.1, 0.15) is 53.8 Å². The lowest BCUT2D eigenvalue weighted by Gasteiger charge is -2.28. The van der Waals surface area contributed by atoms with E-state index in [1.54, 1.807) is 24.0 Å². The summed E-state index contributed by atoms with van der Waals surface area (Å²) in [5, 5.41) is 14.1. The molecule has 1 aromatic heterocycles. The quantitative estimate of drug-likeness (QED) is 0.930. The van der Waals surface area contributed by atoms with Crippen LogP contribution in [0.25, 0.3) is 0 Å². The topological polar surface area (TPSA) is 88.7 Å². The summed E-state index contributed by atoms with van der Waals surface area (Å²) in [5.41, 5.74) is 0.224. The van der Waals surface area contributed by atoms with Gasteiger partial charge in [0.05, 0.1) is 18.7 Å². The Kier molecular flexibility index (Phi) is 4.69. The van der Waals surface area contributed by atoms with E-state index < -0.39 is 0 Å². The molecule has 1 aromatic carbocycles. The third kappa shape index (κ3) is 3.20. The SMILES string of the molecule is COc1ccc(O)c(C(=O)N2CCCCC[C@@H]2c2noc(C)n2)c1. The summed E-state index contributed by atoms with van der Waals surface area (Å²) >= 11 is 0. The highest BCUT2D eigenvalue weighted by Crippen LogP contribution is 2.32. The van der Waals surface area contributed by atoms with E-state index in [4.69, 9.17) is 9.26 Å². The Morgan fingerprint density at radius 3 is 2.92 bits per heavy atom. The van der Waals surface area contributed by atoms with Gasteiger partial charge < -0.3 is 19.3 Å². The van der Waals surface area contributed by atoms with Crippen molar-refractivity contribution in [3.8, 4) is 11.5 Å². The fraction of sp³-hybridized carbons (Fsp3) is 0.471. The van der Waals surface area contributed by atoms with Crippen molar-refractivity contribution in [2.75, 3.05) is 13.7 Å². The van der Waals surface area contributed by atoms with Crippen LogP contribution in [0.5, 0.6) is 11.5 Å². The number of benzene rings is 1. The van der Waals surface area contributed by atoms with Gasteiger partial charge in [0, 0.05) is 13.5 Å². The maximum Gasteiger partial charge on any atom is 0.258 e. The highest BCUT2D eigenvalue weighted by atomic mass is 16.5. The predicted molar refractivity (Wildman–Crippen MR) is 85.9 cm³/mol. The van der Waals surface area contributed by atoms with Crippen LogP contribution in [0, 0.1) is 6.92 Å². The molecule has 7 heteroatoms. The van der Waals surface area contributed by atoms with Crippen LogP contribution < -0.4 is 4.74 Å². The van der Waals surface area contributed by atoms with Gasteiger partial charge in [0.25, 0.3) is 5.91 Å². The smallest absolute Gasteiger partial charge is 0.258 e. The number of ether oxygens (including phenoxy) is 1. The van der Waals surface area contributed by atoms with Crippen molar-refractivity contribution in [2.45, 2.75) is 38.6 Å². The normalized spacial score (nSPS) is 18.2. The van der Waals surface area contributed by atoms with Crippen LogP contribution in [0.3, 0.4) is 0 Å². The van der Waals surface area contributed by atoms with Crippen LogP contribution in [-0.2, 0) is 0 Å². The summed E-state index contributed by atoms with van der Waals surface area (Å²) in [4.78, 5) is 19.1. The number of carbonyl (C=O) groups excluding carboxylic acids is 1. The van der Waals surface area contributed by atoms with E-state index in [9.17, 15) is 9.90 Å². The molecule has 1 aliphatic heterocycles. The molecular weight excluding hydrogens is 310 g/mol. The molecule has 0 saturated carbocycles. The lowest BCUT2D eigenvalue weighted by atomic mass is 10.1. The second kappa shape index (κ2) is 6.90. The molecule has 0 bridgehead atoms. The van der Waals surface area contributed by atoms with Gasteiger partial charge in [-0.3, -0.25) is 4.79 Å². The fourth-order valence-corrected chi connectivity index (χ4v) is 3.04. The van der Waals surface area contributed by atoms with Gasteiger partial charge in [-0.1, -0.05) is 18.0 Å². The summed E-state index contributed by atoms with van der Waals surface area (Å²) in [6, 6.07) is 4.40. The summed E-state index contributed by atoms with van der Waals surface area (Å²) in [6.07, 6.45) is 3.71. The van der Waals surface area contributed by atoms with E-state index in [2.05, 4.69) is 10.1 Å². The summed E-state index contributed by atoms with van der Waals surface area (Å²) in [6.45, 7) is 2.32. The molecule has 0 radical (unpaired) electrons. The van der Waals surface area contributed by atoms with E-state index in [1.807, 2.05) is 0 Å². The number of hydrogen-bond acceptors (Lipinski definition) is 6. The zero-order valence-corrected chi connectivity index (χ0v) is 13.9. The molecule has 1 saturated heterocycles. The molecule has 0 aliphatic carbocycles. The van der Waals surface area contributed by atoms with Crippen molar-refractivity contribution in [1.82, 2.24) is 15.0 Å². The van der Waals surface area contributed by atoms with Crippen molar-refractivity contribution in [2.24, 2.45) is 0 Å². The number of methoxy groups -OCH3 is 1. The number of aromatic hydroxyl groups is 1. The van der Waals surface area contributed by atoms with Crippen LogP contribution in [-0.4, -0.2) is 39.7 Å². The maximum atomic E-state index is 13.1. The number of rotatable bonds is 3. The lowest BCUT2D eigenvalue weighted by molar-refractivity contribution is 0.0667. The Labute approximate surface area is 140 Å². The Bertz CT molecular complexity index is 728. The highest BCUT2D eigenvalue weighted by molar-refractivity contribution is 5.97. The predicted octanol–water partition coefficient (Wildman–Crippen LogP) is 2.85. The summed E-state index contributed by atoms with van der Waals surface area (Å²) in [5.74, 6) is 1.21. The van der Waals surface area contributed by atoms with Gasteiger partial charge in [0.2, 0.25) is 5.89 Å². The monoisotopic (exact) mass is 331 g/mol. The number of aryl methyl sites for hydroxylation is 1. The van der Waals surface area contributed by atoms with Gasteiger partial charge >= 0.3 is 0 Å². The minimum absolute atomic E-state index is 0.0620. The highest BCUT2D eigenvalue weighted by Gasteiger charge is 2.32. The maximum absolute atomic E-state index is 13.1. The van der Waals surface area contributed by atoms with Gasteiger partial charge in [-0.25, -0.2) is 0 Å². The Hall–Kier alpha value is -2.57. The Morgan fingerprint density at radius 1 is 1.38 bits per heavy atom. The van der Waals surface area contributed by atoms with Crippen LogP contribution in [0.2, 0.25) is 0 Å². The number of aromatic nitrogens is 2. The molecule has 1 atom stereocenters. The largest absolute Gasteiger partial charge is 0.507 e. The average Bonchev–Trinajstić information content (AvgIpc) is 2.87. The molecule has 1 fully saturated rings. The molecule has 0 unspecified atom stereocenters. The van der Waals surface area contributed by atoms with Crippen molar-refractivity contribution in [3.63, 3.8) is 0 Å². The molecule has 1 aliphatic rings. The summed E-state index contributed by atoms with van der Waals surface area (Å²) in [7, 11) is 1.53. The number of phenols is 1. The molecule has 0 spiro atoms. The Morgan fingerprint density at radius 2 is 2.21 bits per heavy atom. The molecule has 1 N–H and O–H groups in total. The number of amides is 1. The first-order valence-electron chi connectivity index (χ1n) is 8.08. The number of phenolic OH excluding ortho intramolecular Hbond substituents is 1. The molecule has 2 aromatic rings. The van der Waals surface area contributed by atoms with E-state index in [1.165, 1.54) is 13.2 Å². The van der Waals surface area contributed by atoms with E-state index in [-0.39, 0.29) is 23.3 Å². The fourth-order valence-electron chi connectivity index (χ4n) is 3.04. The van der Waals surface area contributed by atoms with Crippen molar-refractivity contribution < 1.29 is 19.2 Å². The van der Waals surface area contributed by atoms with E-state index >= 15 is 0 Å².